The van der Waals surface area contributed by atoms with Gasteiger partial charge in [0, 0.05) is 30.4 Å². The van der Waals surface area contributed by atoms with Gasteiger partial charge in [0.1, 0.15) is 11.3 Å². The van der Waals surface area contributed by atoms with E-state index in [0.29, 0.717) is 11.4 Å². The quantitative estimate of drug-likeness (QED) is 0.582. The number of nitrogens with one attached hydrogen (secondary N) is 4. The molecule has 4 N–H and O–H groups in total. The Balaban J connectivity index is 1.85. The predicted molar refractivity (Wildman–Crippen MR) is 107 cm³/mol. The second-order valence-electron chi connectivity index (χ2n) is 7.07. The van der Waals surface area contributed by atoms with Gasteiger partial charge in [-0.25, -0.2) is 9.89 Å². The van der Waals surface area contributed by atoms with E-state index in [9.17, 15) is 19.2 Å². The molecule has 10 nitrogen and oxygen atoms in total. The standard InChI is InChI=1S/C19H23N5O5/c1-19(2,3)29-18(28)20-10-9-15(25)21-12-5-4-6-13(11-12)22-17(27)14-7-8-16(26)24-23-14/h4-8,11H,9-10H2,1-3H3,(H,20,28)(H,21,25)(H,22,27)(H,24,26). The van der Waals surface area contributed by atoms with Crippen molar-refractivity contribution >= 4 is 29.3 Å². The lowest BCUT2D eigenvalue weighted by atomic mass is 10.2. The lowest BCUT2D eigenvalue weighted by Gasteiger charge is -2.19. The zero-order valence-electron chi connectivity index (χ0n) is 16.4. The molecule has 10 heteroatoms. The summed E-state index contributed by atoms with van der Waals surface area (Å²) in [4.78, 5) is 46.7. The molecule has 0 saturated carbocycles. The molecule has 2 rings (SSSR count). The average molecular weight is 401 g/mol. The summed E-state index contributed by atoms with van der Waals surface area (Å²) in [6.07, 6.45) is -0.539. The summed E-state index contributed by atoms with van der Waals surface area (Å²) < 4.78 is 5.09. The van der Waals surface area contributed by atoms with Crippen molar-refractivity contribution < 1.29 is 19.1 Å². The molecule has 1 aromatic heterocycles. The highest BCUT2D eigenvalue weighted by molar-refractivity contribution is 6.03. The molecule has 1 aromatic carbocycles. The number of amides is 3. The zero-order valence-corrected chi connectivity index (χ0v) is 16.4. The Morgan fingerprint density at radius 3 is 2.38 bits per heavy atom. The Morgan fingerprint density at radius 2 is 1.76 bits per heavy atom. The van der Waals surface area contributed by atoms with Crippen molar-refractivity contribution in [3.63, 3.8) is 0 Å². The maximum Gasteiger partial charge on any atom is 0.407 e. The van der Waals surface area contributed by atoms with Crippen LogP contribution in [0.3, 0.4) is 0 Å². The molecule has 2 aromatic rings. The maximum atomic E-state index is 12.1. The fourth-order valence-corrected chi connectivity index (χ4v) is 2.16. The number of carbonyl (C=O) groups excluding carboxylic acids is 3. The number of H-pyrrole nitrogens is 1. The fraction of sp³-hybridized carbons (Fsp3) is 0.316. The monoisotopic (exact) mass is 401 g/mol. The molecule has 0 aliphatic rings. The van der Waals surface area contributed by atoms with Gasteiger partial charge in [0.25, 0.3) is 11.5 Å². The minimum atomic E-state index is -0.609. The topological polar surface area (TPSA) is 142 Å². The van der Waals surface area contributed by atoms with Crippen LogP contribution in [0, 0.1) is 0 Å². The minimum absolute atomic E-state index is 0.0484. The van der Waals surface area contributed by atoms with Gasteiger partial charge in [-0.15, -0.1) is 0 Å². The van der Waals surface area contributed by atoms with E-state index < -0.39 is 23.2 Å². The summed E-state index contributed by atoms with van der Waals surface area (Å²) >= 11 is 0. The largest absolute Gasteiger partial charge is 0.444 e. The third-order valence-electron chi connectivity index (χ3n) is 3.34. The summed E-state index contributed by atoms with van der Waals surface area (Å²) in [6.45, 7) is 5.36. The first-order valence-electron chi connectivity index (χ1n) is 8.86. The van der Waals surface area contributed by atoms with Gasteiger partial charge in [-0.3, -0.25) is 14.4 Å². The van der Waals surface area contributed by atoms with Crippen LogP contribution in [-0.4, -0.2) is 40.3 Å². The average Bonchev–Trinajstić information content (AvgIpc) is 2.61. The highest BCUT2D eigenvalue weighted by Gasteiger charge is 2.16. The van der Waals surface area contributed by atoms with Crippen molar-refractivity contribution in [1.82, 2.24) is 15.5 Å². The smallest absolute Gasteiger partial charge is 0.407 e. The van der Waals surface area contributed by atoms with Crippen molar-refractivity contribution in [3.05, 3.63) is 52.4 Å². The van der Waals surface area contributed by atoms with Gasteiger partial charge < -0.3 is 20.7 Å². The SMILES string of the molecule is CC(C)(C)OC(=O)NCCC(=O)Nc1cccc(NC(=O)c2ccc(=O)[nH]n2)c1. The number of hydrogen-bond acceptors (Lipinski definition) is 6. The number of alkyl carbamates (subject to hydrolysis) is 1. The molecular weight excluding hydrogens is 378 g/mol. The van der Waals surface area contributed by atoms with Gasteiger partial charge >= 0.3 is 6.09 Å². The van der Waals surface area contributed by atoms with Gasteiger partial charge in [0.2, 0.25) is 5.91 Å². The number of ether oxygens (including phenoxy) is 1. The Hall–Kier alpha value is -3.69. The molecule has 0 spiro atoms. The number of aromatic amines is 1. The summed E-state index contributed by atoms with van der Waals surface area (Å²) in [5.74, 6) is -0.821. The van der Waals surface area contributed by atoms with E-state index in [0.717, 1.165) is 0 Å². The first kappa shape index (κ1) is 21.6. The maximum absolute atomic E-state index is 12.1. The molecule has 1 heterocycles. The third kappa shape index (κ3) is 7.83. The second-order valence-corrected chi connectivity index (χ2v) is 7.07. The molecule has 0 radical (unpaired) electrons. The van der Waals surface area contributed by atoms with Crippen LogP contribution in [0.4, 0.5) is 16.2 Å². The van der Waals surface area contributed by atoms with E-state index in [1.807, 2.05) is 0 Å². The van der Waals surface area contributed by atoms with Crippen LogP contribution in [0.1, 0.15) is 37.7 Å². The fourth-order valence-electron chi connectivity index (χ4n) is 2.16. The van der Waals surface area contributed by atoms with E-state index in [-0.39, 0.29) is 24.6 Å². The summed E-state index contributed by atoms with van der Waals surface area (Å²) in [5, 5.41) is 13.6. The van der Waals surface area contributed by atoms with Crippen molar-refractivity contribution in [2.75, 3.05) is 17.2 Å². The van der Waals surface area contributed by atoms with Gasteiger partial charge in [-0.2, -0.15) is 5.10 Å². The highest BCUT2D eigenvalue weighted by atomic mass is 16.6. The number of nitrogens with zero attached hydrogens (tertiary/aromatic N) is 1. The molecule has 0 aliphatic heterocycles. The zero-order chi connectivity index (χ0) is 21.4. The van der Waals surface area contributed by atoms with Crippen LogP contribution in [0.5, 0.6) is 0 Å². The number of benzene rings is 1. The molecule has 0 fully saturated rings. The van der Waals surface area contributed by atoms with Gasteiger partial charge in [-0.1, -0.05) is 6.07 Å². The van der Waals surface area contributed by atoms with E-state index in [2.05, 4.69) is 26.1 Å². The molecule has 154 valence electrons. The van der Waals surface area contributed by atoms with Gasteiger partial charge in [0.05, 0.1) is 0 Å². The third-order valence-corrected chi connectivity index (χ3v) is 3.34. The van der Waals surface area contributed by atoms with Crippen molar-refractivity contribution in [3.8, 4) is 0 Å². The van der Waals surface area contributed by atoms with Gasteiger partial charge in [-0.05, 0) is 45.0 Å². The number of rotatable bonds is 6. The Kier molecular flexibility index (Phi) is 7.07. The molecule has 29 heavy (non-hydrogen) atoms. The lowest BCUT2D eigenvalue weighted by Crippen LogP contribution is -2.34. The summed E-state index contributed by atoms with van der Waals surface area (Å²) in [7, 11) is 0. The Morgan fingerprint density at radius 1 is 1.07 bits per heavy atom. The minimum Gasteiger partial charge on any atom is -0.444 e. The molecular formula is C19H23N5O5. The number of carbonyl (C=O) groups is 3. The van der Waals surface area contributed by atoms with E-state index >= 15 is 0 Å². The van der Waals surface area contributed by atoms with E-state index in [1.165, 1.54) is 12.1 Å². The predicted octanol–water partition coefficient (Wildman–Crippen LogP) is 1.88. The summed E-state index contributed by atoms with van der Waals surface area (Å²) in [5.41, 5.74) is -0.0613. The van der Waals surface area contributed by atoms with Gasteiger partial charge in [0.15, 0.2) is 0 Å². The van der Waals surface area contributed by atoms with Crippen LogP contribution in [0.2, 0.25) is 0 Å². The highest BCUT2D eigenvalue weighted by Crippen LogP contribution is 2.16. The summed E-state index contributed by atoms with van der Waals surface area (Å²) in [6, 6.07) is 9.03. The van der Waals surface area contributed by atoms with Crippen LogP contribution in [0.25, 0.3) is 0 Å². The number of aromatic nitrogens is 2. The normalized spacial score (nSPS) is 10.7. The first-order chi connectivity index (χ1) is 13.6. The number of hydrogen-bond donors (Lipinski definition) is 4. The Bertz CT molecular complexity index is 928. The molecule has 0 atom stereocenters. The number of anilines is 2. The lowest BCUT2D eigenvalue weighted by molar-refractivity contribution is -0.116. The van der Waals surface area contributed by atoms with Crippen LogP contribution >= 0.6 is 0 Å². The van der Waals surface area contributed by atoms with Crippen molar-refractivity contribution in [2.45, 2.75) is 32.8 Å². The Labute approximate surface area is 167 Å². The van der Waals surface area contributed by atoms with Crippen LogP contribution in [0.15, 0.2) is 41.2 Å². The molecule has 3 amide bonds. The second kappa shape index (κ2) is 9.49. The van der Waals surface area contributed by atoms with Crippen LogP contribution < -0.4 is 21.5 Å². The molecule has 0 aliphatic carbocycles. The molecule has 0 saturated heterocycles. The van der Waals surface area contributed by atoms with Crippen molar-refractivity contribution in [1.29, 1.82) is 0 Å². The van der Waals surface area contributed by atoms with Crippen LogP contribution in [-0.2, 0) is 9.53 Å². The molecule has 0 unspecified atom stereocenters. The van der Waals surface area contributed by atoms with E-state index in [4.69, 9.17) is 4.74 Å². The molecule has 0 bridgehead atoms. The van der Waals surface area contributed by atoms with E-state index in [1.54, 1.807) is 45.0 Å². The van der Waals surface area contributed by atoms with Crippen molar-refractivity contribution in [2.24, 2.45) is 0 Å². The first-order valence-corrected chi connectivity index (χ1v) is 8.86.